The van der Waals surface area contributed by atoms with Crippen molar-refractivity contribution in [2.75, 3.05) is 13.2 Å². The van der Waals surface area contributed by atoms with Crippen LogP contribution in [0.2, 0.25) is 0 Å². The molecule has 3 N–H and O–H groups in total. The van der Waals surface area contributed by atoms with Crippen LogP contribution in [-0.2, 0) is 4.79 Å². The monoisotopic (exact) mass is 427 g/mol. The number of hydrogen-bond donors (Lipinski definition) is 3. The molecule has 0 saturated carbocycles. The number of rotatable bonds is 24. The standard InChI is InChI=1S/C26H53NO3/c1-3-5-7-9-11-13-15-17-19-25(27-22-21-24(23-28)26(29)30)20-18-16-14-12-10-8-6-4-2/h24-25,27-28H,3-23H2,1-2H3,(H,29,30). The zero-order valence-corrected chi connectivity index (χ0v) is 20.3. The Bertz CT molecular complexity index is 342. The topological polar surface area (TPSA) is 69.6 Å². The van der Waals surface area contributed by atoms with Gasteiger partial charge in [-0.25, -0.2) is 0 Å². The predicted molar refractivity (Wildman–Crippen MR) is 129 cm³/mol. The van der Waals surface area contributed by atoms with Crippen LogP contribution in [0, 0.1) is 5.92 Å². The van der Waals surface area contributed by atoms with E-state index >= 15 is 0 Å². The maximum atomic E-state index is 11.1. The lowest BCUT2D eigenvalue weighted by Gasteiger charge is -2.20. The van der Waals surface area contributed by atoms with Gasteiger partial charge in [0.2, 0.25) is 0 Å². The normalized spacial score (nSPS) is 12.5. The molecule has 0 aliphatic rings. The first kappa shape index (κ1) is 29.4. The molecule has 4 nitrogen and oxygen atoms in total. The van der Waals surface area contributed by atoms with Gasteiger partial charge >= 0.3 is 5.97 Å². The summed E-state index contributed by atoms with van der Waals surface area (Å²) in [6.07, 6.45) is 24.4. The molecular formula is C26H53NO3. The second-order valence-corrected chi connectivity index (χ2v) is 9.18. The summed E-state index contributed by atoms with van der Waals surface area (Å²) in [5, 5.41) is 21.9. The van der Waals surface area contributed by atoms with Gasteiger partial charge < -0.3 is 15.5 Å². The molecule has 0 aliphatic carbocycles. The van der Waals surface area contributed by atoms with E-state index in [0.29, 0.717) is 19.0 Å². The highest BCUT2D eigenvalue weighted by molar-refractivity contribution is 5.70. The summed E-state index contributed by atoms with van der Waals surface area (Å²) >= 11 is 0. The van der Waals surface area contributed by atoms with Crippen LogP contribution in [0.4, 0.5) is 0 Å². The zero-order chi connectivity index (χ0) is 22.3. The van der Waals surface area contributed by atoms with Crippen LogP contribution < -0.4 is 5.32 Å². The summed E-state index contributed by atoms with van der Waals surface area (Å²) in [7, 11) is 0. The molecular weight excluding hydrogens is 374 g/mol. The van der Waals surface area contributed by atoms with E-state index in [1.807, 2.05) is 0 Å². The van der Waals surface area contributed by atoms with Gasteiger partial charge in [0, 0.05) is 6.04 Å². The minimum atomic E-state index is -0.887. The minimum Gasteiger partial charge on any atom is -0.481 e. The number of nitrogens with one attached hydrogen (secondary N) is 1. The first-order chi connectivity index (χ1) is 14.7. The number of carbonyl (C=O) groups is 1. The Hall–Kier alpha value is -0.610. The van der Waals surface area contributed by atoms with Crippen molar-refractivity contribution in [3.63, 3.8) is 0 Å². The first-order valence-electron chi connectivity index (χ1n) is 13.2. The molecule has 30 heavy (non-hydrogen) atoms. The number of unbranched alkanes of at least 4 members (excludes halogenated alkanes) is 14. The Morgan fingerprint density at radius 3 is 1.43 bits per heavy atom. The van der Waals surface area contributed by atoms with Gasteiger partial charge in [0.15, 0.2) is 0 Å². The second-order valence-electron chi connectivity index (χ2n) is 9.18. The minimum absolute atomic E-state index is 0.266. The van der Waals surface area contributed by atoms with E-state index in [-0.39, 0.29) is 6.61 Å². The van der Waals surface area contributed by atoms with Gasteiger partial charge in [-0.05, 0) is 25.8 Å². The number of aliphatic hydroxyl groups is 1. The summed E-state index contributed by atoms with van der Waals surface area (Å²) in [5.74, 6) is -1.52. The highest BCUT2D eigenvalue weighted by atomic mass is 16.4. The SMILES string of the molecule is CCCCCCCCCCC(CCCCCCCCCC)NCCC(CO)C(=O)O. The number of hydrogen-bond acceptors (Lipinski definition) is 3. The van der Waals surface area contributed by atoms with Gasteiger partial charge in [-0.1, -0.05) is 117 Å². The summed E-state index contributed by atoms with van der Waals surface area (Å²) in [6.45, 7) is 4.95. The molecule has 0 fully saturated rings. The van der Waals surface area contributed by atoms with Crippen LogP contribution >= 0.6 is 0 Å². The van der Waals surface area contributed by atoms with Crippen molar-refractivity contribution in [2.24, 2.45) is 5.92 Å². The van der Waals surface area contributed by atoms with E-state index in [2.05, 4.69) is 19.2 Å². The molecule has 0 amide bonds. The largest absolute Gasteiger partial charge is 0.481 e. The van der Waals surface area contributed by atoms with Crippen molar-refractivity contribution in [2.45, 2.75) is 142 Å². The fraction of sp³-hybridized carbons (Fsp3) is 0.962. The number of aliphatic carboxylic acids is 1. The summed E-state index contributed by atoms with van der Waals surface area (Å²) in [5.41, 5.74) is 0. The third kappa shape index (κ3) is 19.4. The highest BCUT2D eigenvalue weighted by Crippen LogP contribution is 2.16. The fourth-order valence-corrected chi connectivity index (χ4v) is 4.15. The van der Waals surface area contributed by atoms with E-state index in [1.165, 1.54) is 116 Å². The van der Waals surface area contributed by atoms with Crippen LogP contribution in [0.5, 0.6) is 0 Å². The Morgan fingerprint density at radius 1 is 0.667 bits per heavy atom. The molecule has 0 rings (SSSR count). The van der Waals surface area contributed by atoms with E-state index in [1.54, 1.807) is 0 Å². The lowest BCUT2D eigenvalue weighted by atomic mass is 9.99. The average molecular weight is 428 g/mol. The molecule has 0 bridgehead atoms. The van der Waals surface area contributed by atoms with Crippen LogP contribution in [-0.4, -0.2) is 35.4 Å². The molecule has 0 aromatic rings. The number of aliphatic hydroxyl groups excluding tert-OH is 1. The Labute approximate surface area is 187 Å². The lowest BCUT2D eigenvalue weighted by molar-refractivity contribution is -0.143. The van der Waals surface area contributed by atoms with E-state index < -0.39 is 11.9 Å². The summed E-state index contributed by atoms with van der Waals surface area (Å²) in [6, 6.07) is 0.498. The smallest absolute Gasteiger partial charge is 0.308 e. The Morgan fingerprint density at radius 2 is 1.07 bits per heavy atom. The van der Waals surface area contributed by atoms with Crippen molar-refractivity contribution in [1.82, 2.24) is 5.32 Å². The third-order valence-corrected chi connectivity index (χ3v) is 6.31. The molecule has 0 aromatic heterocycles. The van der Waals surface area contributed by atoms with Crippen molar-refractivity contribution in [1.29, 1.82) is 0 Å². The number of carboxylic acids is 1. The molecule has 0 radical (unpaired) electrons. The molecule has 1 unspecified atom stereocenters. The average Bonchev–Trinajstić information content (AvgIpc) is 2.74. The second kappa shape index (κ2) is 23.1. The molecule has 0 aromatic carbocycles. The zero-order valence-electron chi connectivity index (χ0n) is 20.3. The molecule has 1 atom stereocenters. The molecule has 0 saturated heterocycles. The van der Waals surface area contributed by atoms with E-state index in [0.717, 1.165) is 0 Å². The maximum absolute atomic E-state index is 11.1. The Balaban J connectivity index is 4.01. The fourth-order valence-electron chi connectivity index (χ4n) is 4.15. The quantitative estimate of drug-likeness (QED) is 0.144. The molecule has 0 spiro atoms. The highest BCUT2D eigenvalue weighted by Gasteiger charge is 2.16. The maximum Gasteiger partial charge on any atom is 0.308 e. The van der Waals surface area contributed by atoms with Crippen LogP contribution in [0.15, 0.2) is 0 Å². The van der Waals surface area contributed by atoms with Crippen LogP contribution in [0.3, 0.4) is 0 Å². The van der Waals surface area contributed by atoms with Crippen molar-refractivity contribution < 1.29 is 15.0 Å². The van der Waals surface area contributed by atoms with Crippen LogP contribution in [0.25, 0.3) is 0 Å². The third-order valence-electron chi connectivity index (χ3n) is 6.31. The van der Waals surface area contributed by atoms with Crippen molar-refractivity contribution in [3.05, 3.63) is 0 Å². The predicted octanol–water partition coefficient (Wildman–Crippen LogP) is 7.09. The molecule has 180 valence electrons. The van der Waals surface area contributed by atoms with Gasteiger partial charge in [-0.2, -0.15) is 0 Å². The Kier molecular flexibility index (Phi) is 22.6. The van der Waals surface area contributed by atoms with Gasteiger partial charge in [-0.3, -0.25) is 4.79 Å². The molecule has 4 heteroatoms. The molecule has 0 heterocycles. The van der Waals surface area contributed by atoms with Gasteiger partial charge in [0.05, 0.1) is 12.5 Å². The van der Waals surface area contributed by atoms with Gasteiger partial charge in [0.25, 0.3) is 0 Å². The first-order valence-corrected chi connectivity index (χ1v) is 13.2. The van der Waals surface area contributed by atoms with E-state index in [4.69, 9.17) is 5.11 Å². The van der Waals surface area contributed by atoms with Gasteiger partial charge in [0.1, 0.15) is 0 Å². The molecule has 0 aliphatic heterocycles. The summed E-state index contributed by atoms with van der Waals surface area (Å²) < 4.78 is 0. The van der Waals surface area contributed by atoms with Gasteiger partial charge in [-0.15, -0.1) is 0 Å². The summed E-state index contributed by atoms with van der Waals surface area (Å²) in [4.78, 5) is 11.1. The van der Waals surface area contributed by atoms with Crippen molar-refractivity contribution in [3.8, 4) is 0 Å². The lowest BCUT2D eigenvalue weighted by Crippen LogP contribution is -2.32. The van der Waals surface area contributed by atoms with Crippen molar-refractivity contribution >= 4 is 5.97 Å². The number of carboxylic acid groups (broad SMARTS) is 1. The van der Waals surface area contributed by atoms with Crippen LogP contribution in [0.1, 0.15) is 136 Å². The van der Waals surface area contributed by atoms with E-state index in [9.17, 15) is 9.90 Å².